The van der Waals surface area contributed by atoms with Gasteiger partial charge in [-0.15, -0.1) is 0 Å². The van der Waals surface area contributed by atoms with Gasteiger partial charge in [-0.2, -0.15) is 0 Å². The van der Waals surface area contributed by atoms with Crippen molar-refractivity contribution in [2.75, 3.05) is 16.8 Å². The van der Waals surface area contributed by atoms with Crippen LogP contribution in [0.4, 0.5) is 5.82 Å². The lowest BCUT2D eigenvalue weighted by molar-refractivity contribution is 0.553. The molecule has 0 amide bonds. The van der Waals surface area contributed by atoms with E-state index in [0.29, 0.717) is 17.8 Å². The molecule has 0 aliphatic carbocycles. The Balaban J connectivity index is 2.37. The van der Waals surface area contributed by atoms with Crippen molar-refractivity contribution in [2.45, 2.75) is 19.4 Å². The summed E-state index contributed by atoms with van der Waals surface area (Å²) in [7, 11) is 0. The Morgan fingerprint density at radius 1 is 1.75 bits per heavy atom. The summed E-state index contributed by atoms with van der Waals surface area (Å²) in [6.07, 6.45) is 2.50. The molecule has 1 saturated heterocycles. The van der Waals surface area contributed by atoms with Crippen LogP contribution in [0.5, 0.6) is 0 Å². The predicted molar refractivity (Wildman–Crippen MR) is 68.6 cm³/mol. The van der Waals surface area contributed by atoms with Gasteiger partial charge in [-0.1, -0.05) is 34.5 Å². The molecule has 0 saturated carbocycles. The zero-order chi connectivity index (χ0) is 11.7. The van der Waals surface area contributed by atoms with E-state index < -0.39 is 0 Å². The minimum Gasteiger partial charge on any atom is -0.351 e. The second-order valence-electron chi connectivity index (χ2n) is 4.05. The summed E-state index contributed by atoms with van der Waals surface area (Å²) in [5, 5.41) is 1.04. The van der Waals surface area contributed by atoms with E-state index in [2.05, 4.69) is 37.7 Å². The van der Waals surface area contributed by atoms with Crippen molar-refractivity contribution in [1.29, 1.82) is 0 Å². The lowest BCUT2D eigenvalue weighted by Gasteiger charge is -2.26. The fraction of sp³-hybridized carbons (Fsp3) is 0.600. The summed E-state index contributed by atoms with van der Waals surface area (Å²) in [6.45, 7) is 3.10. The van der Waals surface area contributed by atoms with Gasteiger partial charge >= 0.3 is 0 Å². The second kappa shape index (κ2) is 4.75. The van der Waals surface area contributed by atoms with Crippen molar-refractivity contribution < 1.29 is 0 Å². The molecule has 1 aliphatic rings. The SMILES string of the molecule is CC1CCN(c2nc[nH]c(=O)c2Cl)C1CBr. The highest BCUT2D eigenvalue weighted by molar-refractivity contribution is 9.09. The molecule has 6 heteroatoms. The summed E-state index contributed by atoms with van der Waals surface area (Å²) in [5.41, 5.74) is -0.278. The maximum absolute atomic E-state index is 11.4. The van der Waals surface area contributed by atoms with Crippen molar-refractivity contribution in [3.8, 4) is 0 Å². The highest BCUT2D eigenvalue weighted by Crippen LogP contribution is 2.31. The molecule has 1 aliphatic heterocycles. The summed E-state index contributed by atoms with van der Waals surface area (Å²) in [4.78, 5) is 20.2. The van der Waals surface area contributed by atoms with Crippen LogP contribution in [0.25, 0.3) is 0 Å². The van der Waals surface area contributed by atoms with Gasteiger partial charge < -0.3 is 9.88 Å². The molecule has 0 bridgehead atoms. The molecule has 4 nitrogen and oxygen atoms in total. The first-order chi connectivity index (χ1) is 7.65. The molecule has 16 heavy (non-hydrogen) atoms. The quantitative estimate of drug-likeness (QED) is 0.851. The standard InChI is InChI=1S/C10H13BrClN3O/c1-6-2-3-15(7(6)4-11)9-8(12)10(16)14-5-13-9/h5-7H,2-4H2,1H3,(H,13,14,16). The van der Waals surface area contributed by atoms with Gasteiger partial charge in [-0.25, -0.2) is 4.98 Å². The Morgan fingerprint density at radius 3 is 3.19 bits per heavy atom. The van der Waals surface area contributed by atoms with Gasteiger partial charge in [0.25, 0.3) is 5.56 Å². The first-order valence-corrected chi connectivity index (χ1v) is 6.71. The zero-order valence-corrected chi connectivity index (χ0v) is 11.3. The number of aromatic amines is 1. The third-order valence-electron chi connectivity index (χ3n) is 3.09. The van der Waals surface area contributed by atoms with Crippen LogP contribution in [0.1, 0.15) is 13.3 Å². The number of anilines is 1. The van der Waals surface area contributed by atoms with E-state index >= 15 is 0 Å². The van der Waals surface area contributed by atoms with Crippen LogP contribution in [-0.4, -0.2) is 27.9 Å². The molecular formula is C10H13BrClN3O. The zero-order valence-electron chi connectivity index (χ0n) is 8.91. The van der Waals surface area contributed by atoms with Gasteiger partial charge in [0, 0.05) is 17.9 Å². The minimum absolute atomic E-state index is 0.183. The number of alkyl halides is 1. The summed E-state index contributed by atoms with van der Waals surface area (Å²) in [5.74, 6) is 1.18. The third kappa shape index (κ3) is 1.98. The Bertz CT molecular complexity index is 436. The van der Waals surface area contributed by atoms with Crippen LogP contribution < -0.4 is 10.5 Å². The Hall–Kier alpha value is -0.550. The van der Waals surface area contributed by atoms with Crippen LogP contribution in [0.15, 0.2) is 11.1 Å². The molecule has 0 aromatic carbocycles. The van der Waals surface area contributed by atoms with E-state index in [0.717, 1.165) is 18.3 Å². The Kier molecular flexibility index (Phi) is 3.54. The molecule has 2 rings (SSSR count). The molecule has 2 heterocycles. The summed E-state index contributed by atoms with van der Waals surface area (Å²) < 4.78 is 0. The van der Waals surface area contributed by atoms with Crippen molar-refractivity contribution in [2.24, 2.45) is 5.92 Å². The summed E-state index contributed by atoms with van der Waals surface area (Å²) in [6, 6.07) is 0.354. The van der Waals surface area contributed by atoms with Crippen LogP contribution in [0.2, 0.25) is 5.02 Å². The van der Waals surface area contributed by atoms with Crippen LogP contribution in [0.3, 0.4) is 0 Å². The second-order valence-corrected chi connectivity index (χ2v) is 5.08. The molecule has 1 aromatic rings. The van der Waals surface area contributed by atoms with E-state index in [9.17, 15) is 4.79 Å². The normalized spacial score (nSPS) is 25.1. The van der Waals surface area contributed by atoms with Gasteiger partial charge in [0.2, 0.25) is 0 Å². The first kappa shape index (κ1) is 11.9. The average Bonchev–Trinajstić information content (AvgIpc) is 2.63. The van der Waals surface area contributed by atoms with Crippen molar-refractivity contribution in [3.05, 3.63) is 21.7 Å². The van der Waals surface area contributed by atoms with Crippen molar-refractivity contribution in [1.82, 2.24) is 9.97 Å². The molecular weight excluding hydrogens is 293 g/mol. The van der Waals surface area contributed by atoms with Gasteiger partial charge in [-0.05, 0) is 12.3 Å². The minimum atomic E-state index is -0.278. The van der Waals surface area contributed by atoms with Gasteiger partial charge in [-0.3, -0.25) is 4.79 Å². The number of hydrogen-bond acceptors (Lipinski definition) is 3. The average molecular weight is 307 g/mol. The first-order valence-electron chi connectivity index (χ1n) is 5.21. The maximum Gasteiger partial charge on any atom is 0.271 e. The molecule has 1 aromatic heterocycles. The largest absolute Gasteiger partial charge is 0.351 e. The van der Waals surface area contributed by atoms with Crippen LogP contribution >= 0.6 is 27.5 Å². The number of halogens is 2. The molecule has 88 valence electrons. The molecule has 2 unspecified atom stereocenters. The van der Waals surface area contributed by atoms with E-state index in [1.54, 1.807) is 0 Å². The van der Waals surface area contributed by atoms with Crippen molar-refractivity contribution in [3.63, 3.8) is 0 Å². The molecule has 0 spiro atoms. The Labute approximate surface area is 107 Å². The van der Waals surface area contributed by atoms with Crippen LogP contribution in [-0.2, 0) is 0 Å². The van der Waals surface area contributed by atoms with E-state index in [-0.39, 0.29) is 10.6 Å². The maximum atomic E-state index is 11.4. The lowest BCUT2D eigenvalue weighted by Crippen LogP contribution is -2.35. The fourth-order valence-electron chi connectivity index (χ4n) is 2.08. The van der Waals surface area contributed by atoms with Crippen molar-refractivity contribution >= 4 is 33.3 Å². The number of H-pyrrole nitrogens is 1. The topological polar surface area (TPSA) is 49.0 Å². The van der Waals surface area contributed by atoms with Gasteiger partial charge in [0.15, 0.2) is 5.82 Å². The molecule has 1 N–H and O–H groups in total. The molecule has 0 radical (unpaired) electrons. The smallest absolute Gasteiger partial charge is 0.271 e. The fourth-order valence-corrected chi connectivity index (χ4v) is 3.28. The number of nitrogens with zero attached hydrogens (tertiary/aromatic N) is 2. The lowest BCUT2D eigenvalue weighted by atomic mass is 10.1. The van der Waals surface area contributed by atoms with E-state index in [4.69, 9.17) is 11.6 Å². The third-order valence-corrected chi connectivity index (χ3v) is 4.09. The molecule has 2 atom stereocenters. The van der Waals surface area contributed by atoms with Gasteiger partial charge in [0.1, 0.15) is 5.02 Å². The highest BCUT2D eigenvalue weighted by atomic mass is 79.9. The van der Waals surface area contributed by atoms with Crippen LogP contribution in [0, 0.1) is 5.92 Å². The molecule has 1 fully saturated rings. The van der Waals surface area contributed by atoms with E-state index in [1.807, 2.05) is 0 Å². The number of aromatic nitrogens is 2. The number of hydrogen-bond donors (Lipinski definition) is 1. The number of rotatable bonds is 2. The van der Waals surface area contributed by atoms with Gasteiger partial charge in [0.05, 0.1) is 6.33 Å². The monoisotopic (exact) mass is 305 g/mol. The highest BCUT2D eigenvalue weighted by Gasteiger charge is 2.32. The summed E-state index contributed by atoms with van der Waals surface area (Å²) >= 11 is 9.48. The number of nitrogens with one attached hydrogen (secondary N) is 1. The Morgan fingerprint density at radius 2 is 2.50 bits per heavy atom. The predicted octanol–water partition coefficient (Wildman–Crippen LogP) is 2.03. The van der Waals surface area contributed by atoms with E-state index in [1.165, 1.54) is 6.33 Å².